The van der Waals surface area contributed by atoms with Gasteiger partial charge in [0.15, 0.2) is 0 Å². The molecule has 1 nitrogen and oxygen atoms in total. The van der Waals surface area contributed by atoms with E-state index >= 15 is 0 Å². The molecule has 0 bridgehead atoms. The molecule has 0 amide bonds. The molecular formula is C10H13N. The predicted molar refractivity (Wildman–Crippen MR) is 48.2 cm³/mol. The summed E-state index contributed by atoms with van der Waals surface area (Å²) in [5.41, 5.74) is 2.08. The van der Waals surface area contributed by atoms with Gasteiger partial charge in [-0.3, -0.25) is 0 Å². The highest BCUT2D eigenvalue weighted by molar-refractivity contribution is 5.78. The summed E-state index contributed by atoms with van der Waals surface area (Å²) < 4.78 is 0. The van der Waals surface area contributed by atoms with Crippen molar-refractivity contribution in [3.8, 4) is 0 Å². The molecule has 11 heavy (non-hydrogen) atoms. The zero-order chi connectivity index (χ0) is 8.10. The lowest BCUT2D eigenvalue weighted by Gasteiger charge is -1.97. The van der Waals surface area contributed by atoms with Crippen LogP contribution < -0.4 is 0 Å². The molecule has 0 unspecified atom stereocenters. The smallest absolute Gasteiger partial charge is 0.00615 e. The van der Waals surface area contributed by atoms with Crippen molar-refractivity contribution in [1.29, 1.82) is 5.41 Å². The first-order chi connectivity index (χ1) is 5.29. The number of hydrogen-bond donors (Lipinski definition) is 1. The van der Waals surface area contributed by atoms with Crippen molar-refractivity contribution in [2.45, 2.75) is 19.8 Å². The number of benzene rings is 1. The average Bonchev–Trinajstić information content (AvgIpc) is 2.03. The number of rotatable bonds is 3. The summed E-state index contributed by atoms with van der Waals surface area (Å²) in [7, 11) is 0. The Bertz CT molecular complexity index is 226. The van der Waals surface area contributed by atoms with Crippen LogP contribution in [0.25, 0.3) is 0 Å². The van der Waals surface area contributed by atoms with Gasteiger partial charge in [0.2, 0.25) is 0 Å². The Labute approximate surface area is 67.6 Å². The van der Waals surface area contributed by atoms with Crippen LogP contribution in [-0.2, 0) is 6.42 Å². The van der Waals surface area contributed by atoms with E-state index in [9.17, 15) is 0 Å². The maximum Gasteiger partial charge on any atom is 0.00615 e. The third kappa shape index (κ3) is 2.99. The largest absolute Gasteiger partial charge is 0.310 e. The predicted octanol–water partition coefficient (Wildman–Crippen LogP) is 2.66. The highest BCUT2D eigenvalue weighted by atomic mass is 14.4. The molecule has 0 saturated carbocycles. The second-order valence-corrected chi connectivity index (χ2v) is 2.77. The Balaban J connectivity index is 2.45. The summed E-state index contributed by atoms with van der Waals surface area (Å²) in [6, 6.07) is 10.3. The van der Waals surface area contributed by atoms with Gasteiger partial charge < -0.3 is 5.41 Å². The van der Waals surface area contributed by atoms with Gasteiger partial charge in [0, 0.05) is 5.71 Å². The zero-order valence-corrected chi connectivity index (χ0v) is 6.80. The Morgan fingerprint density at radius 3 is 2.45 bits per heavy atom. The van der Waals surface area contributed by atoms with E-state index in [2.05, 4.69) is 12.1 Å². The van der Waals surface area contributed by atoms with Gasteiger partial charge in [-0.1, -0.05) is 30.3 Å². The Morgan fingerprint density at radius 2 is 1.91 bits per heavy atom. The summed E-state index contributed by atoms with van der Waals surface area (Å²) in [5.74, 6) is 0. The fourth-order valence-electron chi connectivity index (χ4n) is 0.977. The van der Waals surface area contributed by atoms with E-state index in [0.717, 1.165) is 18.6 Å². The lowest BCUT2D eigenvalue weighted by Crippen LogP contribution is -1.92. The van der Waals surface area contributed by atoms with Crippen molar-refractivity contribution in [2.24, 2.45) is 0 Å². The van der Waals surface area contributed by atoms with Crippen LogP contribution in [-0.4, -0.2) is 5.71 Å². The molecule has 0 saturated heterocycles. The van der Waals surface area contributed by atoms with Crippen LogP contribution in [0.5, 0.6) is 0 Å². The Morgan fingerprint density at radius 1 is 1.27 bits per heavy atom. The van der Waals surface area contributed by atoms with Crippen LogP contribution >= 0.6 is 0 Å². The molecule has 0 fully saturated rings. The van der Waals surface area contributed by atoms with Gasteiger partial charge in [0.1, 0.15) is 0 Å². The van der Waals surface area contributed by atoms with Crippen LogP contribution in [0.2, 0.25) is 0 Å². The van der Waals surface area contributed by atoms with Crippen molar-refractivity contribution >= 4 is 5.71 Å². The van der Waals surface area contributed by atoms with Crippen molar-refractivity contribution in [3.05, 3.63) is 35.9 Å². The van der Waals surface area contributed by atoms with E-state index in [0.29, 0.717) is 0 Å². The summed E-state index contributed by atoms with van der Waals surface area (Å²) in [6.07, 6.45) is 1.88. The fourth-order valence-corrected chi connectivity index (χ4v) is 0.977. The monoisotopic (exact) mass is 147 g/mol. The van der Waals surface area contributed by atoms with Gasteiger partial charge in [-0.25, -0.2) is 0 Å². The number of nitrogens with one attached hydrogen (secondary N) is 1. The van der Waals surface area contributed by atoms with Crippen LogP contribution in [0.1, 0.15) is 18.9 Å². The molecule has 0 radical (unpaired) electrons. The van der Waals surface area contributed by atoms with Gasteiger partial charge in [-0.2, -0.15) is 0 Å². The number of aryl methyl sites for hydroxylation is 1. The van der Waals surface area contributed by atoms with Gasteiger partial charge in [-0.15, -0.1) is 0 Å². The summed E-state index contributed by atoms with van der Waals surface area (Å²) in [6.45, 7) is 1.85. The molecular weight excluding hydrogens is 134 g/mol. The van der Waals surface area contributed by atoms with Crippen LogP contribution in [0, 0.1) is 5.41 Å². The van der Waals surface area contributed by atoms with Crippen LogP contribution in [0.3, 0.4) is 0 Å². The van der Waals surface area contributed by atoms with E-state index in [1.165, 1.54) is 5.56 Å². The van der Waals surface area contributed by atoms with Gasteiger partial charge >= 0.3 is 0 Å². The molecule has 1 heteroatoms. The van der Waals surface area contributed by atoms with Crippen LogP contribution in [0.15, 0.2) is 30.3 Å². The van der Waals surface area contributed by atoms with Gasteiger partial charge in [-0.05, 0) is 25.3 Å². The third-order valence-corrected chi connectivity index (χ3v) is 1.63. The molecule has 0 aliphatic carbocycles. The lowest BCUT2D eigenvalue weighted by molar-refractivity contribution is 1.02. The quantitative estimate of drug-likeness (QED) is 0.635. The van der Waals surface area contributed by atoms with E-state index in [4.69, 9.17) is 5.41 Å². The maximum atomic E-state index is 7.24. The first-order valence-corrected chi connectivity index (χ1v) is 3.87. The second-order valence-electron chi connectivity index (χ2n) is 2.77. The molecule has 58 valence electrons. The normalized spacial score (nSPS) is 9.55. The van der Waals surface area contributed by atoms with Gasteiger partial charge in [0.25, 0.3) is 0 Å². The SMILES string of the molecule is CC(=N)CCc1ccccc1. The molecule has 0 aliphatic rings. The lowest BCUT2D eigenvalue weighted by atomic mass is 10.1. The molecule has 1 rings (SSSR count). The molecule has 1 aromatic carbocycles. The zero-order valence-electron chi connectivity index (χ0n) is 6.80. The molecule has 0 aromatic heterocycles. The average molecular weight is 147 g/mol. The van der Waals surface area contributed by atoms with E-state index in [1.54, 1.807) is 0 Å². The highest BCUT2D eigenvalue weighted by Gasteiger charge is 1.91. The highest BCUT2D eigenvalue weighted by Crippen LogP contribution is 2.02. The van der Waals surface area contributed by atoms with Gasteiger partial charge in [0.05, 0.1) is 0 Å². The minimum atomic E-state index is 0.758. The summed E-state index contributed by atoms with van der Waals surface area (Å²) >= 11 is 0. The first-order valence-electron chi connectivity index (χ1n) is 3.87. The van der Waals surface area contributed by atoms with Crippen molar-refractivity contribution in [2.75, 3.05) is 0 Å². The Kier molecular flexibility index (Phi) is 2.84. The minimum absolute atomic E-state index is 0.758. The third-order valence-electron chi connectivity index (χ3n) is 1.63. The van der Waals surface area contributed by atoms with E-state index in [1.807, 2.05) is 25.1 Å². The molecule has 0 spiro atoms. The Hall–Kier alpha value is -1.11. The summed E-state index contributed by atoms with van der Waals surface area (Å²) in [4.78, 5) is 0. The van der Waals surface area contributed by atoms with E-state index < -0.39 is 0 Å². The molecule has 1 N–H and O–H groups in total. The molecule has 1 aromatic rings. The van der Waals surface area contributed by atoms with Crippen molar-refractivity contribution in [3.63, 3.8) is 0 Å². The molecule has 0 aliphatic heterocycles. The topological polar surface area (TPSA) is 23.9 Å². The number of hydrogen-bond acceptors (Lipinski definition) is 1. The standard InChI is InChI=1S/C10H13N/c1-9(11)7-8-10-5-3-2-4-6-10/h2-6,11H,7-8H2,1H3. The van der Waals surface area contributed by atoms with Crippen LogP contribution in [0.4, 0.5) is 0 Å². The summed E-state index contributed by atoms with van der Waals surface area (Å²) in [5, 5.41) is 7.24. The minimum Gasteiger partial charge on any atom is -0.310 e. The second kappa shape index (κ2) is 3.91. The van der Waals surface area contributed by atoms with Crippen molar-refractivity contribution in [1.82, 2.24) is 0 Å². The molecule has 0 heterocycles. The molecule has 0 atom stereocenters. The van der Waals surface area contributed by atoms with E-state index in [-0.39, 0.29) is 0 Å². The fraction of sp³-hybridized carbons (Fsp3) is 0.300. The maximum absolute atomic E-state index is 7.24. The first kappa shape index (κ1) is 7.99. The van der Waals surface area contributed by atoms with Crippen molar-refractivity contribution < 1.29 is 0 Å².